The fourth-order valence-corrected chi connectivity index (χ4v) is 3.91. The Bertz CT molecular complexity index is 1260. The van der Waals surface area contributed by atoms with Crippen LogP contribution < -0.4 is 4.90 Å². The zero-order chi connectivity index (χ0) is 24.2. The van der Waals surface area contributed by atoms with Crippen LogP contribution in [-0.2, 0) is 11.8 Å². The molecule has 0 aliphatic carbocycles. The summed E-state index contributed by atoms with van der Waals surface area (Å²) >= 11 is 0. The fraction of sp³-hybridized carbons (Fsp3) is 0.333. The molecule has 4 aromatic heterocycles. The highest BCUT2D eigenvalue weighted by Crippen LogP contribution is 2.31. The van der Waals surface area contributed by atoms with Crippen molar-refractivity contribution in [3.8, 4) is 22.6 Å². The number of pyridine rings is 1. The lowest BCUT2D eigenvalue weighted by Gasteiger charge is -2.34. The molecule has 1 atom stereocenters. The van der Waals surface area contributed by atoms with Crippen molar-refractivity contribution in [2.24, 2.45) is 7.05 Å². The Hall–Kier alpha value is -2.94. The highest BCUT2D eigenvalue weighted by atomic mass is 16.5. The quantitative estimate of drug-likeness (QED) is 0.475. The van der Waals surface area contributed by atoms with Crippen LogP contribution in [0.2, 0.25) is 0 Å². The highest BCUT2D eigenvalue weighted by molar-refractivity contribution is 7.60. The van der Waals surface area contributed by atoms with Crippen LogP contribution in [0, 0.1) is 6.92 Å². The largest absolute Gasteiger partial charge is 0.377 e. The fourth-order valence-electron chi connectivity index (χ4n) is 3.91. The van der Waals surface area contributed by atoms with E-state index < -0.39 is 6.39 Å². The Morgan fingerprint density at radius 2 is 2.03 bits per heavy atom. The molecule has 4 aromatic rings. The molecular weight excluding hydrogens is 420 g/mol. The van der Waals surface area contributed by atoms with Gasteiger partial charge in [0.15, 0.2) is 5.82 Å². The summed E-state index contributed by atoms with van der Waals surface area (Å²) < 4.78 is 7.42. The van der Waals surface area contributed by atoms with Crippen LogP contribution in [-0.4, -0.2) is 92.2 Å². The predicted octanol–water partition coefficient (Wildman–Crippen LogP) is 1.05. The highest BCUT2D eigenvalue weighted by Gasteiger charge is 2.23. The van der Waals surface area contributed by atoms with Crippen LogP contribution >= 0.6 is 0 Å². The SMILES string of the molecule is Cc1nn(C)cc1-c1nc(-c2ccnc3[nH]ccc23)cc(N2CCOC[C@H]2C)n1.[B][B]B([B])[B]. The number of hydrogen-bond acceptors (Lipinski definition) is 6. The number of morpholine rings is 1. The van der Waals surface area contributed by atoms with E-state index in [0.717, 1.165) is 45.9 Å². The summed E-state index contributed by atoms with van der Waals surface area (Å²) in [6.07, 6.45) is 5.22. The van der Waals surface area contributed by atoms with Gasteiger partial charge in [-0.05, 0) is 26.0 Å². The van der Waals surface area contributed by atoms with E-state index in [0.29, 0.717) is 19.0 Å². The van der Waals surface area contributed by atoms with Crippen molar-refractivity contribution >= 4 is 53.5 Å². The molecule has 1 N–H and O–H groups in total. The minimum atomic E-state index is -0.463. The first kappa shape index (κ1) is 24.2. The number of aromatic amines is 1. The van der Waals surface area contributed by atoms with Crippen molar-refractivity contribution in [3.05, 3.63) is 42.5 Å². The molecule has 1 fully saturated rings. The monoisotopic (exact) mass is 444 g/mol. The Morgan fingerprint density at radius 1 is 1.24 bits per heavy atom. The van der Waals surface area contributed by atoms with Gasteiger partial charge in [-0.25, -0.2) is 15.0 Å². The van der Waals surface area contributed by atoms with Crippen LogP contribution in [0.4, 0.5) is 5.82 Å². The van der Waals surface area contributed by atoms with Crippen molar-refractivity contribution in [1.29, 1.82) is 0 Å². The van der Waals surface area contributed by atoms with Gasteiger partial charge >= 0.3 is 0 Å². The average molecular weight is 444 g/mol. The van der Waals surface area contributed by atoms with Gasteiger partial charge in [0, 0.05) is 85.9 Å². The van der Waals surface area contributed by atoms with Crippen molar-refractivity contribution in [2.75, 3.05) is 24.7 Å². The Morgan fingerprint density at radius 3 is 2.71 bits per heavy atom. The standard InChI is InChI=1S/C21H23N7O.B5/c1-13-12-29-9-8-28(13)19-10-18(15-4-6-22-20-16(15)5-7-23-20)24-21(25-19)17-11-27(3)26-14(17)2;1-4-5(2)3/h4-7,10-11,13H,8-9,12H2,1-3H3,(H,22,23);/t13-;/m1./s1. The molecule has 1 saturated heterocycles. The molecule has 0 saturated carbocycles. The van der Waals surface area contributed by atoms with E-state index in [2.05, 4.69) is 33.0 Å². The number of H-pyrrole nitrogens is 1. The van der Waals surface area contributed by atoms with E-state index in [1.165, 1.54) is 7.06 Å². The molecule has 1 aliphatic heterocycles. The number of nitrogens with zero attached hydrogens (tertiary/aromatic N) is 6. The third-order valence-electron chi connectivity index (χ3n) is 5.59. The number of nitrogens with one attached hydrogen (secondary N) is 1. The molecule has 0 bridgehead atoms. The van der Waals surface area contributed by atoms with E-state index >= 15 is 0 Å². The number of rotatable bonds is 4. The van der Waals surface area contributed by atoms with Crippen LogP contribution in [0.5, 0.6) is 0 Å². The molecule has 0 aromatic carbocycles. The summed E-state index contributed by atoms with van der Waals surface area (Å²) in [6, 6.07) is 6.36. The zero-order valence-electron chi connectivity index (χ0n) is 19.6. The number of ether oxygens (including phenoxy) is 1. The van der Waals surface area contributed by atoms with Crippen molar-refractivity contribution < 1.29 is 4.74 Å². The lowest BCUT2D eigenvalue weighted by molar-refractivity contribution is 0.0985. The van der Waals surface area contributed by atoms with Crippen molar-refractivity contribution in [1.82, 2.24) is 29.7 Å². The summed E-state index contributed by atoms with van der Waals surface area (Å²) in [5, 5.41) is 5.52. The summed E-state index contributed by atoms with van der Waals surface area (Å²) in [5.41, 5.74) is 4.60. The van der Waals surface area contributed by atoms with Crippen molar-refractivity contribution in [2.45, 2.75) is 19.9 Å². The molecule has 163 valence electrons. The molecule has 0 unspecified atom stereocenters. The third-order valence-corrected chi connectivity index (χ3v) is 5.59. The minimum absolute atomic E-state index is 0.249. The second-order valence-electron chi connectivity index (χ2n) is 8.22. The second kappa shape index (κ2) is 10.5. The first-order valence-electron chi connectivity index (χ1n) is 11.1. The first-order chi connectivity index (χ1) is 16.4. The average Bonchev–Trinajstić information content (AvgIpc) is 3.45. The van der Waals surface area contributed by atoms with Gasteiger partial charge in [0.2, 0.25) is 0 Å². The summed E-state index contributed by atoms with van der Waals surface area (Å²) in [7, 11) is 17.7. The number of aryl methyl sites for hydroxylation is 2. The predicted molar refractivity (Wildman–Crippen MR) is 140 cm³/mol. The minimum Gasteiger partial charge on any atom is -0.377 e. The van der Waals surface area contributed by atoms with Crippen LogP contribution in [0.25, 0.3) is 33.7 Å². The molecule has 0 spiro atoms. The normalized spacial score (nSPS) is 15.6. The third kappa shape index (κ3) is 5.25. The van der Waals surface area contributed by atoms with Crippen LogP contribution in [0.1, 0.15) is 12.6 Å². The van der Waals surface area contributed by atoms with E-state index in [1.54, 1.807) is 4.68 Å². The van der Waals surface area contributed by atoms with E-state index in [9.17, 15) is 0 Å². The van der Waals surface area contributed by atoms with Gasteiger partial charge in [-0.3, -0.25) is 4.68 Å². The lowest BCUT2D eigenvalue weighted by atomic mass is 8.97. The number of anilines is 1. The van der Waals surface area contributed by atoms with Gasteiger partial charge < -0.3 is 14.6 Å². The topological polar surface area (TPSA) is 84.8 Å². The van der Waals surface area contributed by atoms with E-state index in [4.69, 9.17) is 37.9 Å². The van der Waals surface area contributed by atoms with Gasteiger partial charge in [0.05, 0.1) is 36.2 Å². The second-order valence-corrected chi connectivity index (χ2v) is 8.22. The number of hydrogen-bond donors (Lipinski definition) is 1. The summed E-state index contributed by atoms with van der Waals surface area (Å²) in [5.74, 6) is 1.59. The molecular formula is C21H23B5N7O. The summed E-state index contributed by atoms with van der Waals surface area (Å²) in [4.78, 5) is 19.7. The molecule has 0 amide bonds. The zero-order valence-corrected chi connectivity index (χ0v) is 19.6. The lowest BCUT2D eigenvalue weighted by Crippen LogP contribution is -2.44. The maximum atomic E-state index is 5.62. The molecule has 13 heteroatoms. The molecule has 5 heterocycles. The van der Waals surface area contributed by atoms with Gasteiger partial charge in [0.25, 0.3) is 0 Å². The van der Waals surface area contributed by atoms with Gasteiger partial charge in [-0.1, -0.05) is 0 Å². The molecule has 7 radical (unpaired) electrons. The number of aromatic nitrogens is 6. The Labute approximate surface area is 204 Å². The van der Waals surface area contributed by atoms with Gasteiger partial charge in [-0.2, -0.15) is 5.10 Å². The maximum Gasteiger partial charge on any atom is 0.165 e. The van der Waals surface area contributed by atoms with Gasteiger partial charge in [-0.15, -0.1) is 0 Å². The van der Waals surface area contributed by atoms with E-state index in [1.807, 2.05) is 44.7 Å². The molecule has 5 rings (SSSR count). The van der Waals surface area contributed by atoms with E-state index in [-0.39, 0.29) is 6.04 Å². The Kier molecular flexibility index (Phi) is 7.51. The molecule has 34 heavy (non-hydrogen) atoms. The smallest absolute Gasteiger partial charge is 0.165 e. The van der Waals surface area contributed by atoms with Gasteiger partial charge in [0.1, 0.15) is 11.5 Å². The van der Waals surface area contributed by atoms with Crippen LogP contribution in [0.3, 0.4) is 0 Å². The number of fused-ring (bicyclic) bond motifs is 1. The maximum absolute atomic E-state index is 5.62. The summed E-state index contributed by atoms with van der Waals surface area (Å²) in [6.45, 7) is 6.34. The van der Waals surface area contributed by atoms with Crippen molar-refractivity contribution in [3.63, 3.8) is 0 Å². The first-order valence-corrected chi connectivity index (χ1v) is 11.1. The molecule has 1 aliphatic rings. The Balaban J connectivity index is 0.000000499. The molecule has 8 nitrogen and oxygen atoms in total. The van der Waals surface area contributed by atoms with Crippen LogP contribution in [0.15, 0.2) is 36.8 Å².